The fourth-order valence-corrected chi connectivity index (χ4v) is 1.73. The number of para-hydroxylation sites is 1. The molecule has 2 rings (SSSR count). The number of aryl methyl sites for hydroxylation is 1. The largest absolute Gasteiger partial charge is 0.493 e. The van der Waals surface area contributed by atoms with Gasteiger partial charge in [0.05, 0.1) is 12.8 Å². The van der Waals surface area contributed by atoms with Crippen LogP contribution in [-0.4, -0.2) is 27.7 Å². The summed E-state index contributed by atoms with van der Waals surface area (Å²) in [6.45, 7) is 4.40. The fourth-order valence-electron chi connectivity index (χ4n) is 1.50. The van der Waals surface area contributed by atoms with Crippen LogP contribution in [0.1, 0.15) is 18.3 Å². The Labute approximate surface area is 110 Å². The first-order valence-corrected chi connectivity index (χ1v) is 6.03. The predicted octanol–water partition coefficient (Wildman–Crippen LogP) is 2.53. The van der Waals surface area contributed by atoms with Crippen molar-refractivity contribution in [1.82, 2.24) is 14.9 Å². The van der Waals surface area contributed by atoms with Crippen LogP contribution in [0.15, 0.2) is 29.4 Å². The topological polar surface area (TPSA) is 55.2 Å². The molecule has 6 heteroatoms. The van der Waals surface area contributed by atoms with Crippen LogP contribution in [0, 0.1) is 11.7 Å². The third-order valence-electron chi connectivity index (χ3n) is 2.34. The Bertz CT molecular complexity index is 615. The van der Waals surface area contributed by atoms with E-state index in [0.29, 0.717) is 17.2 Å². The molecule has 0 spiro atoms. The van der Waals surface area contributed by atoms with E-state index in [9.17, 15) is 0 Å². The van der Waals surface area contributed by atoms with E-state index in [-0.39, 0.29) is 0 Å². The molecule has 5 nitrogen and oxygen atoms in total. The quantitative estimate of drug-likeness (QED) is 0.680. The van der Waals surface area contributed by atoms with Crippen molar-refractivity contribution < 1.29 is 4.74 Å². The molecule has 2 aromatic rings. The van der Waals surface area contributed by atoms with Gasteiger partial charge in [0.1, 0.15) is 11.6 Å². The van der Waals surface area contributed by atoms with Crippen molar-refractivity contribution in [3.63, 3.8) is 0 Å². The predicted molar refractivity (Wildman–Crippen MR) is 72.8 cm³/mol. The van der Waals surface area contributed by atoms with Gasteiger partial charge in [0, 0.05) is 5.56 Å². The number of aromatic amines is 1. The Hall–Kier alpha value is -1.95. The maximum atomic E-state index is 5.52. The van der Waals surface area contributed by atoms with Crippen molar-refractivity contribution in [2.24, 2.45) is 5.10 Å². The maximum Gasteiger partial charge on any atom is 0.216 e. The minimum Gasteiger partial charge on any atom is -0.493 e. The molecular formula is C12H14N4OS. The molecule has 0 bridgehead atoms. The van der Waals surface area contributed by atoms with Crippen LogP contribution >= 0.6 is 12.2 Å². The lowest BCUT2D eigenvalue weighted by atomic mass is 10.2. The van der Waals surface area contributed by atoms with E-state index in [0.717, 1.165) is 11.3 Å². The number of rotatable bonds is 4. The van der Waals surface area contributed by atoms with E-state index in [4.69, 9.17) is 17.0 Å². The van der Waals surface area contributed by atoms with Crippen molar-refractivity contribution in [2.75, 3.05) is 6.61 Å². The monoisotopic (exact) mass is 262 g/mol. The molecule has 94 valence electrons. The van der Waals surface area contributed by atoms with Gasteiger partial charge in [-0.1, -0.05) is 12.1 Å². The molecule has 18 heavy (non-hydrogen) atoms. The van der Waals surface area contributed by atoms with E-state index >= 15 is 0 Å². The van der Waals surface area contributed by atoms with Crippen LogP contribution in [0.2, 0.25) is 0 Å². The van der Waals surface area contributed by atoms with E-state index in [1.54, 1.807) is 10.9 Å². The lowest BCUT2D eigenvalue weighted by molar-refractivity contribution is 0.340. The summed E-state index contributed by atoms with van der Waals surface area (Å²) in [5, 5.41) is 11.0. The second-order valence-electron chi connectivity index (χ2n) is 3.60. The third kappa shape index (κ3) is 2.65. The molecule has 0 amide bonds. The molecule has 0 atom stereocenters. The number of nitrogens with zero attached hydrogens (tertiary/aromatic N) is 3. The van der Waals surface area contributed by atoms with Gasteiger partial charge in [-0.3, -0.25) is 5.10 Å². The normalized spacial score (nSPS) is 11.0. The number of hydrogen-bond acceptors (Lipinski definition) is 4. The summed E-state index contributed by atoms with van der Waals surface area (Å²) in [5.41, 5.74) is 0.904. The van der Waals surface area contributed by atoms with E-state index in [2.05, 4.69) is 15.3 Å². The highest BCUT2D eigenvalue weighted by molar-refractivity contribution is 7.71. The number of H-pyrrole nitrogens is 1. The molecule has 0 aliphatic rings. The number of benzene rings is 1. The van der Waals surface area contributed by atoms with Gasteiger partial charge in [0.2, 0.25) is 4.77 Å². The second-order valence-corrected chi connectivity index (χ2v) is 3.99. The maximum absolute atomic E-state index is 5.52. The van der Waals surface area contributed by atoms with Crippen molar-refractivity contribution in [2.45, 2.75) is 13.8 Å². The minimum absolute atomic E-state index is 0.470. The summed E-state index contributed by atoms with van der Waals surface area (Å²) >= 11 is 5.07. The standard InChI is InChI=1S/C12H14N4OS/c1-3-17-11-7-5-4-6-10(11)8-13-16-9(2)14-15-12(16)18/h4-8H,3H2,1-2H3,(H,15,18)/b13-8+. The van der Waals surface area contributed by atoms with Gasteiger partial charge in [0.25, 0.3) is 0 Å². The van der Waals surface area contributed by atoms with Crippen molar-refractivity contribution in [3.8, 4) is 5.75 Å². The third-order valence-corrected chi connectivity index (χ3v) is 2.61. The zero-order valence-electron chi connectivity index (χ0n) is 10.3. The van der Waals surface area contributed by atoms with Crippen molar-refractivity contribution >= 4 is 18.4 Å². The van der Waals surface area contributed by atoms with Gasteiger partial charge in [-0.05, 0) is 38.2 Å². The highest BCUT2D eigenvalue weighted by atomic mass is 32.1. The average molecular weight is 262 g/mol. The first-order valence-electron chi connectivity index (χ1n) is 5.62. The molecule has 0 unspecified atom stereocenters. The van der Waals surface area contributed by atoms with E-state index < -0.39 is 0 Å². The highest BCUT2D eigenvalue weighted by Gasteiger charge is 2.01. The molecule has 0 aliphatic heterocycles. The summed E-state index contributed by atoms with van der Waals surface area (Å²) in [7, 11) is 0. The second kappa shape index (κ2) is 5.59. The van der Waals surface area contributed by atoms with Gasteiger partial charge in [-0.2, -0.15) is 14.9 Å². The first kappa shape index (κ1) is 12.5. The van der Waals surface area contributed by atoms with Crippen LogP contribution in [0.25, 0.3) is 0 Å². The molecule has 1 N–H and O–H groups in total. The van der Waals surface area contributed by atoms with Crippen molar-refractivity contribution in [3.05, 3.63) is 40.4 Å². The summed E-state index contributed by atoms with van der Waals surface area (Å²) in [5.74, 6) is 1.52. The fraction of sp³-hybridized carbons (Fsp3) is 0.250. The number of aromatic nitrogens is 3. The van der Waals surface area contributed by atoms with Crippen LogP contribution in [-0.2, 0) is 0 Å². The van der Waals surface area contributed by atoms with Gasteiger partial charge in [0.15, 0.2) is 0 Å². The Morgan fingerprint density at radius 2 is 2.28 bits per heavy atom. The van der Waals surface area contributed by atoms with Gasteiger partial charge >= 0.3 is 0 Å². The average Bonchev–Trinajstić information content (AvgIpc) is 2.69. The summed E-state index contributed by atoms with van der Waals surface area (Å²) < 4.78 is 7.55. The zero-order valence-corrected chi connectivity index (χ0v) is 11.1. The molecule has 1 aromatic heterocycles. The van der Waals surface area contributed by atoms with Gasteiger partial charge in [-0.15, -0.1) is 0 Å². The SMILES string of the molecule is CCOc1ccccc1/C=N/n1c(C)n[nH]c1=S. The Kier molecular flexibility index (Phi) is 3.88. The molecule has 1 aromatic carbocycles. The molecular weight excluding hydrogens is 248 g/mol. The Morgan fingerprint density at radius 1 is 1.50 bits per heavy atom. The molecule has 0 saturated heterocycles. The molecule has 0 aliphatic carbocycles. The van der Waals surface area contributed by atoms with Crippen LogP contribution in [0.5, 0.6) is 5.75 Å². The zero-order chi connectivity index (χ0) is 13.0. The minimum atomic E-state index is 0.470. The lowest BCUT2D eigenvalue weighted by Crippen LogP contribution is -1.98. The van der Waals surface area contributed by atoms with E-state index in [1.165, 1.54) is 0 Å². The van der Waals surface area contributed by atoms with Gasteiger partial charge in [-0.25, -0.2) is 0 Å². The van der Waals surface area contributed by atoms with Crippen LogP contribution < -0.4 is 4.74 Å². The number of nitrogens with one attached hydrogen (secondary N) is 1. The molecule has 1 heterocycles. The first-order chi connectivity index (χ1) is 8.72. The van der Waals surface area contributed by atoms with Gasteiger partial charge < -0.3 is 4.74 Å². The summed E-state index contributed by atoms with van der Waals surface area (Å²) in [4.78, 5) is 0. The lowest BCUT2D eigenvalue weighted by Gasteiger charge is -2.05. The summed E-state index contributed by atoms with van der Waals surface area (Å²) in [6, 6.07) is 7.71. The summed E-state index contributed by atoms with van der Waals surface area (Å²) in [6.07, 6.45) is 1.71. The number of hydrogen-bond donors (Lipinski definition) is 1. The Balaban J connectivity index is 2.32. The van der Waals surface area contributed by atoms with Crippen molar-refractivity contribution in [1.29, 1.82) is 0 Å². The number of ether oxygens (including phenoxy) is 1. The molecule has 0 radical (unpaired) electrons. The molecule has 0 saturated carbocycles. The van der Waals surface area contributed by atoms with Crippen LogP contribution in [0.3, 0.4) is 0 Å². The molecule has 0 fully saturated rings. The highest BCUT2D eigenvalue weighted by Crippen LogP contribution is 2.15. The van der Waals surface area contributed by atoms with Crippen LogP contribution in [0.4, 0.5) is 0 Å². The Morgan fingerprint density at radius 3 is 2.94 bits per heavy atom. The van der Waals surface area contributed by atoms with E-state index in [1.807, 2.05) is 38.1 Å². The smallest absolute Gasteiger partial charge is 0.216 e.